The summed E-state index contributed by atoms with van der Waals surface area (Å²) in [6.45, 7) is 1.79. The van der Waals surface area contributed by atoms with Gasteiger partial charge in [-0.05, 0) is 30.7 Å². The molecule has 0 saturated heterocycles. The first-order valence-electron chi connectivity index (χ1n) is 6.01. The highest BCUT2D eigenvalue weighted by Gasteiger charge is 2.26. The lowest BCUT2D eigenvalue weighted by molar-refractivity contribution is -0.159. The average Bonchev–Trinajstić information content (AvgIpc) is 2.45. The van der Waals surface area contributed by atoms with Crippen LogP contribution < -0.4 is 0 Å². The molecule has 100 valence electrons. The number of fused-ring (bicyclic) bond motifs is 1. The van der Waals surface area contributed by atoms with E-state index in [1.807, 2.05) is 6.07 Å². The molecule has 2 aromatic rings. The number of aromatic nitrogens is 1. The van der Waals surface area contributed by atoms with Crippen molar-refractivity contribution < 1.29 is 19.7 Å². The molecule has 0 radical (unpaired) electrons. The number of esters is 1. The van der Waals surface area contributed by atoms with Crippen LogP contribution in [0.1, 0.15) is 18.6 Å². The van der Waals surface area contributed by atoms with Crippen LogP contribution >= 0.6 is 0 Å². The smallest absolute Gasteiger partial charge is 0.338 e. The van der Waals surface area contributed by atoms with Crippen molar-refractivity contribution in [2.24, 2.45) is 0 Å². The summed E-state index contributed by atoms with van der Waals surface area (Å²) < 4.78 is 4.67. The quantitative estimate of drug-likeness (QED) is 0.808. The number of aliphatic hydroxyl groups excluding tert-OH is 2. The zero-order valence-corrected chi connectivity index (χ0v) is 10.5. The summed E-state index contributed by atoms with van der Waals surface area (Å²) in [5.41, 5.74) is 1.23. The molecule has 1 aromatic carbocycles. The Labute approximate surface area is 110 Å². The molecule has 2 atom stereocenters. The van der Waals surface area contributed by atoms with Crippen molar-refractivity contribution in [1.82, 2.24) is 4.98 Å². The van der Waals surface area contributed by atoms with Gasteiger partial charge in [0.25, 0.3) is 0 Å². The second-order valence-corrected chi connectivity index (χ2v) is 4.10. The molecular formula is C14H15NO4. The molecule has 2 N–H and O–H groups in total. The summed E-state index contributed by atoms with van der Waals surface area (Å²) in [6, 6.07) is 8.67. The number of ether oxygens (including phenoxy) is 1. The van der Waals surface area contributed by atoms with E-state index >= 15 is 0 Å². The van der Waals surface area contributed by atoms with Crippen molar-refractivity contribution in [2.45, 2.75) is 19.1 Å². The number of nitrogens with zero attached hydrogens (tertiary/aromatic N) is 1. The monoisotopic (exact) mass is 261 g/mol. The lowest BCUT2D eigenvalue weighted by Gasteiger charge is -2.17. The van der Waals surface area contributed by atoms with Crippen LogP contribution in [-0.4, -0.2) is 33.9 Å². The van der Waals surface area contributed by atoms with E-state index in [1.165, 1.54) is 0 Å². The van der Waals surface area contributed by atoms with Gasteiger partial charge in [-0.1, -0.05) is 12.1 Å². The SMILES string of the molecule is CCOC(=O)C(O)C(O)c1ccc2ncccc2c1. The Bertz CT molecular complexity index is 584. The molecule has 1 aromatic heterocycles. The van der Waals surface area contributed by atoms with Gasteiger partial charge in [0, 0.05) is 11.6 Å². The minimum atomic E-state index is -1.59. The Hall–Kier alpha value is -1.98. The highest BCUT2D eigenvalue weighted by Crippen LogP contribution is 2.22. The number of carbonyl (C=O) groups is 1. The van der Waals surface area contributed by atoms with E-state index in [0.717, 1.165) is 10.9 Å². The maximum absolute atomic E-state index is 11.4. The van der Waals surface area contributed by atoms with E-state index in [9.17, 15) is 15.0 Å². The molecule has 0 fully saturated rings. The molecule has 2 unspecified atom stereocenters. The maximum atomic E-state index is 11.4. The molecule has 0 amide bonds. The normalized spacial score (nSPS) is 14.1. The Morgan fingerprint density at radius 1 is 1.37 bits per heavy atom. The summed E-state index contributed by atoms with van der Waals surface area (Å²) in [7, 11) is 0. The van der Waals surface area contributed by atoms with Crippen molar-refractivity contribution in [3.63, 3.8) is 0 Å². The molecule has 0 aliphatic carbocycles. The molecule has 5 nitrogen and oxygen atoms in total. The summed E-state index contributed by atoms with van der Waals surface area (Å²) in [4.78, 5) is 15.5. The summed E-state index contributed by atoms with van der Waals surface area (Å²) in [6.07, 6.45) is -1.23. The first-order valence-corrected chi connectivity index (χ1v) is 6.01. The molecule has 2 rings (SSSR count). The van der Waals surface area contributed by atoms with Crippen LogP contribution in [0.4, 0.5) is 0 Å². The van der Waals surface area contributed by atoms with Crippen molar-refractivity contribution in [2.75, 3.05) is 6.61 Å². The number of hydrogen-bond donors (Lipinski definition) is 2. The minimum absolute atomic E-state index is 0.157. The standard InChI is InChI=1S/C14H15NO4/c1-2-19-14(18)13(17)12(16)10-5-6-11-9(8-10)4-3-7-15-11/h3-8,12-13,16-17H,2H2,1H3. The van der Waals surface area contributed by atoms with Crippen LogP contribution in [0.2, 0.25) is 0 Å². The van der Waals surface area contributed by atoms with Crippen LogP contribution in [0.5, 0.6) is 0 Å². The molecule has 1 heterocycles. The molecule has 5 heteroatoms. The number of aliphatic hydroxyl groups is 2. The first-order chi connectivity index (χ1) is 9.13. The van der Waals surface area contributed by atoms with Gasteiger partial charge >= 0.3 is 5.97 Å². The third-order valence-electron chi connectivity index (χ3n) is 2.80. The van der Waals surface area contributed by atoms with Gasteiger partial charge in [0.15, 0.2) is 6.10 Å². The van der Waals surface area contributed by atoms with Gasteiger partial charge < -0.3 is 14.9 Å². The summed E-state index contributed by atoms with van der Waals surface area (Å²) >= 11 is 0. The Balaban J connectivity index is 2.25. The van der Waals surface area contributed by atoms with Crippen molar-refractivity contribution in [3.05, 3.63) is 42.1 Å². The zero-order valence-electron chi connectivity index (χ0n) is 10.5. The summed E-state index contributed by atoms with van der Waals surface area (Å²) in [5.74, 6) is -0.832. The molecule has 0 bridgehead atoms. The minimum Gasteiger partial charge on any atom is -0.464 e. The van der Waals surface area contributed by atoms with Gasteiger partial charge in [-0.15, -0.1) is 0 Å². The van der Waals surface area contributed by atoms with Crippen LogP contribution in [-0.2, 0) is 9.53 Å². The second-order valence-electron chi connectivity index (χ2n) is 4.10. The van der Waals surface area contributed by atoms with Crippen molar-refractivity contribution in [1.29, 1.82) is 0 Å². The third-order valence-corrected chi connectivity index (χ3v) is 2.80. The fraction of sp³-hybridized carbons (Fsp3) is 0.286. The van der Waals surface area contributed by atoms with Gasteiger partial charge in [0.2, 0.25) is 0 Å². The van der Waals surface area contributed by atoms with Gasteiger partial charge in [-0.3, -0.25) is 4.98 Å². The van der Waals surface area contributed by atoms with Crippen LogP contribution in [0.3, 0.4) is 0 Å². The van der Waals surface area contributed by atoms with E-state index in [1.54, 1.807) is 37.4 Å². The lowest BCUT2D eigenvalue weighted by Crippen LogP contribution is -2.29. The maximum Gasteiger partial charge on any atom is 0.338 e. The van der Waals surface area contributed by atoms with E-state index < -0.39 is 18.2 Å². The van der Waals surface area contributed by atoms with Crippen LogP contribution in [0.25, 0.3) is 10.9 Å². The van der Waals surface area contributed by atoms with Crippen LogP contribution in [0, 0.1) is 0 Å². The molecule has 0 aliphatic rings. The molecule has 0 saturated carbocycles. The van der Waals surface area contributed by atoms with E-state index in [-0.39, 0.29) is 6.61 Å². The Morgan fingerprint density at radius 3 is 2.89 bits per heavy atom. The summed E-state index contributed by atoms with van der Waals surface area (Å²) in [5, 5.41) is 20.5. The van der Waals surface area contributed by atoms with Gasteiger partial charge in [-0.25, -0.2) is 4.79 Å². The molecular weight excluding hydrogens is 246 g/mol. The topological polar surface area (TPSA) is 79.7 Å². The van der Waals surface area contributed by atoms with E-state index in [0.29, 0.717) is 5.56 Å². The number of carbonyl (C=O) groups excluding carboxylic acids is 1. The fourth-order valence-corrected chi connectivity index (χ4v) is 1.82. The lowest BCUT2D eigenvalue weighted by atomic mass is 10.0. The fourth-order valence-electron chi connectivity index (χ4n) is 1.82. The largest absolute Gasteiger partial charge is 0.464 e. The molecule has 19 heavy (non-hydrogen) atoms. The Kier molecular flexibility index (Phi) is 4.09. The predicted molar refractivity (Wildman–Crippen MR) is 69.3 cm³/mol. The van der Waals surface area contributed by atoms with Crippen LogP contribution in [0.15, 0.2) is 36.5 Å². The van der Waals surface area contributed by atoms with Gasteiger partial charge in [0.05, 0.1) is 12.1 Å². The highest BCUT2D eigenvalue weighted by atomic mass is 16.5. The van der Waals surface area contributed by atoms with Crippen molar-refractivity contribution in [3.8, 4) is 0 Å². The molecule has 0 aliphatic heterocycles. The van der Waals surface area contributed by atoms with Gasteiger partial charge in [-0.2, -0.15) is 0 Å². The average molecular weight is 261 g/mol. The number of hydrogen-bond acceptors (Lipinski definition) is 5. The third kappa shape index (κ3) is 2.89. The second kappa shape index (κ2) is 5.77. The molecule has 0 spiro atoms. The van der Waals surface area contributed by atoms with E-state index in [2.05, 4.69) is 9.72 Å². The number of benzene rings is 1. The first kappa shape index (κ1) is 13.5. The number of rotatable bonds is 4. The Morgan fingerprint density at radius 2 is 2.16 bits per heavy atom. The number of pyridine rings is 1. The van der Waals surface area contributed by atoms with Crippen molar-refractivity contribution >= 4 is 16.9 Å². The van der Waals surface area contributed by atoms with Gasteiger partial charge in [0.1, 0.15) is 6.10 Å². The highest BCUT2D eigenvalue weighted by molar-refractivity contribution is 5.80. The van der Waals surface area contributed by atoms with E-state index in [4.69, 9.17) is 0 Å². The predicted octanol–water partition coefficient (Wildman–Crippen LogP) is 1.19. The zero-order chi connectivity index (χ0) is 13.8.